The Balaban J connectivity index is 1.34. The molecule has 134 valence electrons. The summed E-state index contributed by atoms with van der Waals surface area (Å²) in [5.41, 5.74) is 4.64. The molecule has 0 N–H and O–H groups in total. The van der Waals surface area contributed by atoms with E-state index < -0.39 is 0 Å². The lowest BCUT2D eigenvalue weighted by atomic mass is 10.1. The van der Waals surface area contributed by atoms with Crippen LogP contribution in [0.3, 0.4) is 0 Å². The first-order valence-electron chi connectivity index (χ1n) is 9.48. The molecule has 1 saturated heterocycles. The van der Waals surface area contributed by atoms with Gasteiger partial charge in [-0.25, -0.2) is 0 Å². The fraction of sp³-hybridized carbons (Fsp3) is 0.600. The third-order valence-corrected chi connectivity index (χ3v) is 6.01. The van der Waals surface area contributed by atoms with Crippen molar-refractivity contribution in [3.05, 3.63) is 46.5 Å². The van der Waals surface area contributed by atoms with Crippen LogP contribution >= 0.6 is 0 Å². The van der Waals surface area contributed by atoms with Crippen molar-refractivity contribution in [1.29, 1.82) is 0 Å². The molecule has 1 aliphatic heterocycles. The third kappa shape index (κ3) is 3.48. The molecule has 1 atom stereocenters. The Morgan fingerprint density at radius 1 is 1.20 bits per heavy atom. The number of aryl methyl sites for hydroxylation is 3. The summed E-state index contributed by atoms with van der Waals surface area (Å²) in [4.78, 5) is 5.03. The molecule has 0 bridgehead atoms. The van der Waals surface area contributed by atoms with E-state index in [1.165, 1.54) is 37.8 Å². The van der Waals surface area contributed by atoms with Gasteiger partial charge in [-0.2, -0.15) is 0 Å². The molecule has 2 aliphatic rings. The van der Waals surface area contributed by atoms with Gasteiger partial charge in [0.15, 0.2) is 0 Å². The number of likely N-dealkylation sites (tertiary alicyclic amines) is 1. The number of benzene rings is 1. The van der Waals surface area contributed by atoms with Gasteiger partial charge < -0.3 is 4.57 Å². The quantitative estimate of drug-likeness (QED) is 0.838. The van der Waals surface area contributed by atoms with Crippen molar-refractivity contribution in [2.24, 2.45) is 7.05 Å². The summed E-state index contributed by atoms with van der Waals surface area (Å²) in [5, 5.41) is 8.48. The highest BCUT2D eigenvalue weighted by atomic mass is 15.3. The molecule has 1 aromatic heterocycles. The Hall–Kier alpha value is -1.72. The van der Waals surface area contributed by atoms with Gasteiger partial charge >= 0.3 is 0 Å². The van der Waals surface area contributed by atoms with Crippen LogP contribution in [0.15, 0.2) is 18.2 Å². The van der Waals surface area contributed by atoms with Crippen LogP contribution in [0.1, 0.15) is 41.2 Å². The molecule has 0 spiro atoms. The van der Waals surface area contributed by atoms with Crippen LogP contribution in [0.4, 0.5) is 0 Å². The molecule has 5 nitrogen and oxygen atoms in total. The van der Waals surface area contributed by atoms with Gasteiger partial charge in [0, 0.05) is 32.7 Å². The van der Waals surface area contributed by atoms with Crippen molar-refractivity contribution < 1.29 is 0 Å². The standard InChI is InChI=1S/C20H29N5/c1-15-21-22-20(24(15)3)14-23(2)19-9-10-25(13-19)12-16-7-8-17-5-4-6-18(17)11-16/h7-8,11,19H,4-6,9-10,12-14H2,1-3H3/t19-/m0/s1. The second-order valence-electron chi connectivity index (χ2n) is 7.77. The van der Waals surface area contributed by atoms with E-state index in [-0.39, 0.29) is 0 Å². The topological polar surface area (TPSA) is 37.2 Å². The van der Waals surface area contributed by atoms with E-state index in [9.17, 15) is 0 Å². The number of fused-ring (bicyclic) bond motifs is 1. The molecule has 1 fully saturated rings. The van der Waals surface area contributed by atoms with E-state index in [4.69, 9.17) is 0 Å². The zero-order chi connectivity index (χ0) is 17.4. The van der Waals surface area contributed by atoms with E-state index in [0.717, 1.165) is 31.3 Å². The minimum atomic E-state index is 0.603. The Morgan fingerprint density at radius 2 is 2.04 bits per heavy atom. The van der Waals surface area contributed by atoms with Gasteiger partial charge in [-0.15, -0.1) is 10.2 Å². The van der Waals surface area contributed by atoms with Gasteiger partial charge in [0.05, 0.1) is 6.54 Å². The summed E-state index contributed by atoms with van der Waals surface area (Å²) < 4.78 is 2.09. The largest absolute Gasteiger partial charge is 0.317 e. The summed E-state index contributed by atoms with van der Waals surface area (Å²) in [6, 6.07) is 7.74. The zero-order valence-corrected chi connectivity index (χ0v) is 15.7. The number of likely N-dealkylation sites (N-methyl/N-ethyl adjacent to an activating group) is 1. The lowest BCUT2D eigenvalue weighted by Gasteiger charge is -2.24. The molecule has 0 saturated carbocycles. The van der Waals surface area contributed by atoms with Crippen molar-refractivity contribution in [2.45, 2.75) is 51.7 Å². The summed E-state index contributed by atoms with van der Waals surface area (Å²) in [5.74, 6) is 2.03. The van der Waals surface area contributed by atoms with Crippen molar-refractivity contribution in [3.8, 4) is 0 Å². The minimum Gasteiger partial charge on any atom is -0.317 e. The van der Waals surface area contributed by atoms with Crippen molar-refractivity contribution in [1.82, 2.24) is 24.6 Å². The fourth-order valence-electron chi connectivity index (χ4n) is 4.24. The number of hydrogen-bond acceptors (Lipinski definition) is 4. The van der Waals surface area contributed by atoms with Crippen LogP contribution in [0.25, 0.3) is 0 Å². The number of rotatable bonds is 5. The fourth-order valence-corrected chi connectivity index (χ4v) is 4.24. The predicted octanol–water partition coefficient (Wildman–Crippen LogP) is 2.32. The molecule has 0 radical (unpaired) electrons. The van der Waals surface area contributed by atoms with E-state index in [1.807, 2.05) is 14.0 Å². The molecular weight excluding hydrogens is 310 g/mol. The van der Waals surface area contributed by atoms with Gasteiger partial charge in [0.25, 0.3) is 0 Å². The first-order valence-corrected chi connectivity index (χ1v) is 9.48. The van der Waals surface area contributed by atoms with Gasteiger partial charge in [0.2, 0.25) is 0 Å². The van der Waals surface area contributed by atoms with Crippen molar-refractivity contribution in [3.63, 3.8) is 0 Å². The van der Waals surface area contributed by atoms with E-state index >= 15 is 0 Å². The molecule has 2 heterocycles. The summed E-state index contributed by atoms with van der Waals surface area (Å²) >= 11 is 0. The van der Waals surface area contributed by atoms with Crippen LogP contribution in [0.5, 0.6) is 0 Å². The normalized spacial score (nSPS) is 20.6. The van der Waals surface area contributed by atoms with E-state index in [0.29, 0.717) is 6.04 Å². The molecule has 0 unspecified atom stereocenters. The van der Waals surface area contributed by atoms with Crippen LogP contribution in [0, 0.1) is 6.92 Å². The molecule has 1 aliphatic carbocycles. The van der Waals surface area contributed by atoms with Crippen molar-refractivity contribution in [2.75, 3.05) is 20.1 Å². The first-order chi connectivity index (χ1) is 12.1. The van der Waals surface area contributed by atoms with E-state index in [1.54, 1.807) is 11.1 Å². The third-order valence-electron chi connectivity index (χ3n) is 6.01. The Morgan fingerprint density at radius 3 is 2.84 bits per heavy atom. The molecular formula is C20H29N5. The highest BCUT2D eigenvalue weighted by Gasteiger charge is 2.26. The monoisotopic (exact) mass is 339 g/mol. The lowest BCUT2D eigenvalue weighted by Crippen LogP contribution is -2.34. The van der Waals surface area contributed by atoms with Gasteiger partial charge in [-0.05, 0) is 56.3 Å². The smallest absolute Gasteiger partial charge is 0.146 e. The highest BCUT2D eigenvalue weighted by molar-refractivity contribution is 5.35. The summed E-state index contributed by atoms with van der Waals surface area (Å²) in [6.07, 6.45) is 5.11. The van der Waals surface area contributed by atoms with Crippen LogP contribution in [0.2, 0.25) is 0 Å². The van der Waals surface area contributed by atoms with Crippen molar-refractivity contribution >= 4 is 0 Å². The average molecular weight is 339 g/mol. The Bertz CT molecular complexity index is 751. The van der Waals surface area contributed by atoms with E-state index in [2.05, 4.69) is 49.8 Å². The molecule has 0 amide bonds. The zero-order valence-electron chi connectivity index (χ0n) is 15.7. The van der Waals surface area contributed by atoms with Gasteiger partial charge in [-0.3, -0.25) is 9.80 Å². The summed E-state index contributed by atoms with van der Waals surface area (Å²) in [7, 11) is 4.26. The second-order valence-corrected chi connectivity index (χ2v) is 7.77. The molecule has 2 aromatic rings. The number of hydrogen-bond donors (Lipinski definition) is 0. The predicted molar refractivity (Wildman–Crippen MR) is 99.4 cm³/mol. The second kappa shape index (κ2) is 6.89. The molecule has 5 heteroatoms. The minimum absolute atomic E-state index is 0.603. The average Bonchev–Trinajstić information content (AvgIpc) is 3.31. The molecule has 1 aromatic carbocycles. The number of nitrogens with zero attached hydrogens (tertiary/aromatic N) is 5. The maximum atomic E-state index is 4.30. The van der Waals surface area contributed by atoms with Gasteiger partial charge in [0.1, 0.15) is 11.6 Å². The lowest BCUT2D eigenvalue weighted by molar-refractivity contribution is 0.216. The molecule has 4 rings (SSSR count). The van der Waals surface area contributed by atoms with Gasteiger partial charge in [-0.1, -0.05) is 18.2 Å². The Labute approximate surface area is 150 Å². The van der Waals surface area contributed by atoms with Crippen LogP contribution < -0.4 is 0 Å². The SMILES string of the molecule is Cc1nnc(CN(C)[C@H]2CCN(Cc3ccc4c(c3)CCC4)C2)n1C. The maximum absolute atomic E-state index is 4.30. The summed E-state index contributed by atoms with van der Waals surface area (Å²) in [6.45, 7) is 6.29. The maximum Gasteiger partial charge on any atom is 0.146 e. The highest BCUT2D eigenvalue weighted by Crippen LogP contribution is 2.25. The molecule has 25 heavy (non-hydrogen) atoms. The number of aromatic nitrogens is 3. The van der Waals surface area contributed by atoms with Crippen LogP contribution in [-0.4, -0.2) is 50.7 Å². The first kappa shape index (κ1) is 16.7. The Kier molecular flexibility index (Phi) is 4.61. The van der Waals surface area contributed by atoms with Crippen LogP contribution in [-0.2, 0) is 33.0 Å².